The van der Waals surface area contributed by atoms with E-state index in [2.05, 4.69) is 4.99 Å². The van der Waals surface area contributed by atoms with Gasteiger partial charge >= 0.3 is 0 Å². The molecule has 0 atom stereocenters. The molecule has 0 spiro atoms. The third-order valence-corrected chi connectivity index (χ3v) is 3.02. The predicted molar refractivity (Wildman–Crippen MR) is 61.1 cm³/mol. The number of rotatable bonds is 4. The first-order valence-corrected chi connectivity index (χ1v) is 5.44. The molecule has 0 aromatic rings. The zero-order chi connectivity index (χ0) is 11.6. The lowest BCUT2D eigenvalue weighted by atomic mass is 9.87. The van der Waals surface area contributed by atoms with E-state index in [-0.39, 0.29) is 17.2 Å². The Labute approximate surface area is 90.9 Å². The number of nitrogens with zero attached hydrogens (tertiary/aromatic N) is 1. The number of aliphatic hydroxyl groups excluding tert-OH is 1. The largest absolute Gasteiger partial charge is 0.509 e. The van der Waals surface area contributed by atoms with Gasteiger partial charge in [0.2, 0.25) is 0 Å². The van der Waals surface area contributed by atoms with Crippen molar-refractivity contribution in [3.05, 3.63) is 11.5 Å². The van der Waals surface area contributed by atoms with Gasteiger partial charge in [0.05, 0.1) is 5.41 Å². The van der Waals surface area contributed by atoms with E-state index in [4.69, 9.17) is 0 Å². The molecule has 0 aliphatic carbocycles. The fourth-order valence-electron chi connectivity index (χ4n) is 1.48. The Morgan fingerprint density at radius 1 is 1.47 bits per heavy atom. The molecule has 0 unspecified atom stereocenters. The van der Waals surface area contributed by atoms with E-state index < -0.39 is 5.41 Å². The summed E-state index contributed by atoms with van der Waals surface area (Å²) in [4.78, 5) is 15.9. The topological polar surface area (TPSA) is 49.7 Å². The lowest BCUT2D eigenvalue weighted by Gasteiger charge is -2.17. The van der Waals surface area contributed by atoms with Crippen molar-refractivity contribution in [3.63, 3.8) is 0 Å². The first-order valence-electron chi connectivity index (χ1n) is 5.44. The number of unbranched alkanes of at least 4 members (excludes halogenated alkanes) is 1. The standard InChI is InChI=1S/C12H19NO2/c1-5-6-7-9(14)10-11(15)12(3,4)8(2)13-10/h15H,5-7H2,1-4H3. The number of hydrogen-bond donors (Lipinski definition) is 1. The molecule has 1 N–H and O–H groups in total. The van der Waals surface area contributed by atoms with Gasteiger partial charge in [-0.3, -0.25) is 4.79 Å². The number of carbonyl (C=O) groups excluding carboxylic acids is 1. The highest BCUT2D eigenvalue weighted by molar-refractivity contribution is 6.04. The Hall–Kier alpha value is -1.12. The van der Waals surface area contributed by atoms with Gasteiger partial charge in [0.15, 0.2) is 5.78 Å². The monoisotopic (exact) mass is 209 g/mol. The molecule has 0 radical (unpaired) electrons. The van der Waals surface area contributed by atoms with Crippen LogP contribution in [-0.2, 0) is 4.79 Å². The van der Waals surface area contributed by atoms with Gasteiger partial charge in [0.1, 0.15) is 11.5 Å². The van der Waals surface area contributed by atoms with Crippen LogP contribution in [0.15, 0.2) is 16.4 Å². The number of aliphatic hydroxyl groups is 1. The molecule has 84 valence electrons. The fourth-order valence-corrected chi connectivity index (χ4v) is 1.48. The zero-order valence-corrected chi connectivity index (χ0v) is 9.92. The van der Waals surface area contributed by atoms with E-state index in [9.17, 15) is 9.90 Å². The second kappa shape index (κ2) is 4.17. The number of Topliss-reactive ketones (excluding diaryl/α,β-unsaturated/α-hetero) is 1. The van der Waals surface area contributed by atoms with Crippen LogP contribution >= 0.6 is 0 Å². The number of hydrogen-bond acceptors (Lipinski definition) is 3. The Morgan fingerprint density at radius 3 is 2.47 bits per heavy atom. The van der Waals surface area contributed by atoms with Crippen molar-refractivity contribution in [1.82, 2.24) is 0 Å². The first kappa shape index (κ1) is 12.0. The van der Waals surface area contributed by atoms with Gasteiger partial charge in [-0.15, -0.1) is 0 Å². The molecule has 1 aliphatic rings. The van der Waals surface area contributed by atoms with E-state index in [1.165, 1.54) is 0 Å². The van der Waals surface area contributed by atoms with Crippen LogP contribution in [0.2, 0.25) is 0 Å². The molecule has 0 amide bonds. The Bertz CT molecular complexity index is 338. The van der Waals surface area contributed by atoms with Gasteiger partial charge < -0.3 is 5.11 Å². The van der Waals surface area contributed by atoms with E-state index >= 15 is 0 Å². The molecule has 3 nitrogen and oxygen atoms in total. The van der Waals surface area contributed by atoms with Crippen LogP contribution in [0.5, 0.6) is 0 Å². The summed E-state index contributed by atoms with van der Waals surface area (Å²) >= 11 is 0. The maximum Gasteiger partial charge on any atom is 0.184 e. The highest BCUT2D eigenvalue weighted by Crippen LogP contribution is 2.35. The van der Waals surface area contributed by atoms with Crippen LogP contribution in [0.3, 0.4) is 0 Å². The summed E-state index contributed by atoms with van der Waals surface area (Å²) in [5.41, 5.74) is 0.600. The third-order valence-electron chi connectivity index (χ3n) is 3.02. The van der Waals surface area contributed by atoms with Gasteiger partial charge in [-0.25, -0.2) is 4.99 Å². The molecule has 0 aromatic carbocycles. The highest BCUT2D eigenvalue weighted by Gasteiger charge is 2.36. The summed E-state index contributed by atoms with van der Waals surface area (Å²) in [5.74, 6) is 0.0837. The third kappa shape index (κ3) is 2.11. The second-order valence-electron chi connectivity index (χ2n) is 4.55. The smallest absolute Gasteiger partial charge is 0.184 e. The summed E-state index contributed by atoms with van der Waals surface area (Å²) in [5, 5.41) is 9.90. The molecule has 1 heterocycles. The summed E-state index contributed by atoms with van der Waals surface area (Å²) in [6.45, 7) is 7.63. The Morgan fingerprint density at radius 2 is 2.07 bits per heavy atom. The lowest BCUT2D eigenvalue weighted by Crippen LogP contribution is -2.20. The van der Waals surface area contributed by atoms with Crippen LogP contribution in [0.25, 0.3) is 0 Å². The first-order chi connectivity index (χ1) is 6.91. The number of aliphatic imine (C=N–C) groups is 1. The molecule has 0 bridgehead atoms. The van der Waals surface area contributed by atoms with Crippen LogP contribution in [0.4, 0.5) is 0 Å². The zero-order valence-electron chi connectivity index (χ0n) is 9.92. The summed E-state index contributed by atoms with van der Waals surface area (Å²) in [7, 11) is 0. The second-order valence-corrected chi connectivity index (χ2v) is 4.55. The molecular weight excluding hydrogens is 190 g/mol. The molecule has 0 aromatic heterocycles. The van der Waals surface area contributed by atoms with Crippen molar-refractivity contribution in [1.29, 1.82) is 0 Å². The summed E-state index contributed by atoms with van der Waals surface area (Å²) < 4.78 is 0. The number of allylic oxidation sites excluding steroid dienone is 2. The van der Waals surface area contributed by atoms with Crippen molar-refractivity contribution >= 4 is 11.5 Å². The van der Waals surface area contributed by atoms with Crippen molar-refractivity contribution in [2.75, 3.05) is 0 Å². The quantitative estimate of drug-likeness (QED) is 0.773. The van der Waals surface area contributed by atoms with Gasteiger partial charge in [0.25, 0.3) is 0 Å². The minimum atomic E-state index is -0.475. The van der Waals surface area contributed by atoms with Gasteiger partial charge in [0, 0.05) is 12.1 Å². The summed E-state index contributed by atoms with van der Waals surface area (Å²) in [6.07, 6.45) is 2.30. The molecule has 1 rings (SSSR count). The maximum atomic E-state index is 11.7. The van der Waals surface area contributed by atoms with Gasteiger partial charge in [-0.1, -0.05) is 13.3 Å². The lowest BCUT2D eigenvalue weighted by molar-refractivity contribution is -0.115. The van der Waals surface area contributed by atoms with E-state index in [1.807, 2.05) is 27.7 Å². The summed E-state index contributed by atoms with van der Waals surface area (Å²) in [6, 6.07) is 0. The van der Waals surface area contributed by atoms with Crippen molar-refractivity contribution < 1.29 is 9.90 Å². The van der Waals surface area contributed by atoms with Gasteiger partial charge in [-0.05, 0) is 27.2 Å². The normalized spacial score (nSPS) is 19.3. The van der Waals surface area contributed by atoms with Crippen LogP contribution in [-0.4, -0.2) is 16.6 Å². The predicted octanol–water partition coefficient (Wildman–Crippen LogP) is 3.02. The SMILES string of the molecule is CCCCC(=O)C1=C(O)C(C)(C)C(C)=N1. The molecule has 0 saturated carbocycles. The Kier molecular flexibility index (Phi) is 3.32. The van der Waals surface area contributed by atoms with E-state index in [1.54, 1.807) is 0 Å². The molecular formula is C12H19NO2. The number of carbonyl (C=O) groups is 1. The van der Waals surface area contributed by atoms with Crippen molar-refractivity contribution in [2.45, 2.75) is 47.0 Å². The molecule has 1 aliphatic heterocycles. The molecule has 0 saturated heterocycles. The number of ketones is 1. The average molecular weight is 209 g/mol. The average Bonchev–Trinajstić information content (AvgIpc) is 2.38. The van der Waals surface area contributed by atoms with E-state index in [0.29, 0.717) is 6.42 Å². The Balaban J connectivity index is 2.88. The molecule has 0 fully saturated rings. The molecule has 3 heteroatoms. The van der Waals surface area contributed by atoms with Crippen LogP contribution < -0.4 is 0 Å². The van der Waals surface area contributed by atoms with Crippen molar-refractivity contribution in [2.24, 2.45) is 10.4 Å². The van der Waals surface area contributed by atoms with Gasteiger partial charge in [-0.2, -0.15) is 0 Å². The van der Waals surface area contributed by atoms with Crippen molar-refractivity contribution in [3.8, 4) is 0 Å². The minimum absolute atomic E-state index is 0.0423. The highest BCUT2D eigenvalue weighted by atomic mass is 16.3. The fraction of sp³-hybridized carbons (Fsp3) is 0.667. The molecule has 15 heavy (non-hydrogen) atoms. The van der Waals surface area contributed by atoms with Crippen LogP contribution in [0, 0.1) is 5.41 Å². The maximum absolute atomic E-state index is 11.7. The minimum Gasteiger partial charge on any atom is -0.509 e. The van der Waals surface area contributed by atoms with Crippen LogP contribution in [0.1, 0.15) is 47.0 Å². The van der Waals surface area contributed by atoms with E-state index in [0.717, 1.165) is 18.6 Å².